The molecule has 2 heterocycles. The molecule has 10 heteroatoms. The van der Waals surface area contributed by atoms with Crippen molar-refractivity contribution in [1.82, 2.24) is 19.3 Å². The van der Waals surface area contributed by atoms with E-state index in [9.17, 15) is 10.1 Å². The van der Waals surface area contributed by atoms with Crippen LogP contribution in [0.2, 0.25) is 0 Å². The van der Waals surface area contributed by atoms with Crippen LogP contribution in [0.4, 0.5) is 11.6 Å². The quantitative estimate of drug-likeness (QED) is 0.508. The maximum atomic E-state index is 10.9. The number of nitrogens with zero attached hydrogens (tertiary/aromatic N) is 5. The Morgan fingerprint density at radius 3 is 2.89 bits per heavy atom. The minimum absolute atomic E-state index is 0.139. The van der Waals surface area contributed by atoms with E-state index in [-0.39, 0.29) is 10.7 Å². The fraction of sp³-hybridized carbons (Fsp3) is 0.333. The van der Waals surface area contributed by atoms with Crippen LogP contribution in [-0.4, -0.2) is 30.8 Å². The molecule has 1 N–H and O–H groups in total. The molecule has 2 rings (SSSR count). The Morgan fingerprint density at radius 1 is 1.53 bits per heavy atom. The highest BCUT2D eigenvalue weighted by molar-refractivity contribution is 8.01. The molecule has 8 nitrogen and oxygen atoms in total. The number of hydrogen-bond donors (Lipinski definition) is 1. The predicted octanol–water partition coefficient (Wildman–Crippen LogP) is 2.13. The second kappa shape index (κ2) is 5.89. The van der Waals surface area contributed by atoms with Crippen molar-refractivity contribution in [2.45, 2.75) is 23.2 Å². The highest BCUT2D eigenvalue weighted by Crippen LogP contribution is 2.33. The van der Waals surface area contributed by atoms with Gasteiger partial charge in [0.25, 0.3) is 0 Å². The third kappa shape index (κ3) is 3.35. The predicted molar refractivity (Wildman–Crippen MR) is 71.6 cm³/mol. The number of aromatic nitrogens is 4. The maximum Gasteiger partial charge on any atom is 0.320 e. The van der Waals surface area contributed by atoms with Crippen molar-refractivity contribution < 1.29 is 4.92 Å². The van der Waals surface area contributed by atoms with Crippen LogP contribution in [0, 0.1) is 17.0 Å². The van der Waals surface area contributed by atoms with E-state index in [1.807, 2.05) is 6.92 Å². The van der Waals surface area contributed by atoms with Gasteiger partial charge in [-0.15, -0.1) is 0 Å². The maximum absolute atomic E-state index is 10.9. The molecular formula is C9H10N6O2S2. The summed E-state index contributed by atoms with van der Waals surface area (Å²) in [6.45, 7) is 4.30. The van der Waals surface area contributed by atoms with E-state index >= 15 is 0 Å². The molecule has 19 heavy (non-hydrogen) atoms. The average molecular weight is 298 g/mol. The smallest absolute Gasteiger partial charge is 0.320 e. The fourth-order valence-electron chi connectivity index (χ4n) is 1.21. The van der Waals surface area contributed by atoms with Gasteiger partial charge in [-0.1, -0.05) is 0 Å². The second-order valence-corrected chi connectivity index (χ2v) is 5.37. The van der Waals surface area contributed by atoms with Crippen molar-refractivity contribution in [2.24, 2.45) is 0 Å². The largest absolute Gasteiger partial charge is 0.354 e. The lowest BCUT2D eigenvalue weighted by Crippen LogP contribution is -2.04. The minimum atomic E-state index is -0.508. The highest BCUT2D eigenvalue weighted by atomic mass is 32.2. The summed E-state index contributed by atoms with van der Waals surface area (Å²) in [5, 5.41) is 14.1. The lowest BCUT2D eigenvalue weighted by molar-refractivity contribution is -0.388. The van der Waals surface area contributed by atoms with Crippen molar-refractivity contribution in [3.8, 4) is 0 Å². The number of rotatable bonds is 5. The van der Waals surface area contributed by atoms with Gasteiger partial charge in [-0.05, 0) is 37.1 Å². The average Bonchev–Trinajstić information content (AvgIpc) is 2.75. The van der Waals surface area contributed by atoms with Crippen LogP contribution in [0.5, 0.6) is 0 Å². The van der Waals surface area contributed by atoms with Gasteiger partial charge >= 0.3 is 5.69 Å². The molecule has 2 aromatic heterocycles. The monoisotopic (exact) mass is 298 g/mol. The van der Waals surface area contributed by atoms with Crippen LogP contribution < -0.4 is 5.32 Å². The Labute approximate surface area is 117 Å². The van der Waals surface area contributed by atoms with Crippen LogP contribution in [0.25, 0.3) is 0 Å². The third-order valence-electron chi connectivity index (χ3n) is 1.96. The van der Waals surface area contributed by atoms with E-state index in [1.165, 1.54) is 17.7 Å². The summed E-state index contributed by atoms with van der Waals surface area (Å²) in [4.78, 5) is 22.6. The van der Waals surface area contributed by atoms with E-state index < -0.39 is 4.92 Å². The van der Waals surface area contributed by atoms with Gasteiger partial charge in [-0.25, -0.2) is 9.97 Å². The van der Waals surface area contributed by atoms with Crippen LogP contribution in [0.15, 0.2) is 15.6 Å². The van der Waals surface area contributed by atoms with E-state index in [1.54, 1.807) is 6.92 Å². The Morgan fingerprint density at radius 2 is 2.32 bits per heavy atom. The molecule has 100 valence electrons. The molecule has 0 aliphatic rings. The molecule has 0 atom stereocenters. The molecule has 0 bridgehead atoms. The highest BCUT2D eigenvalue weighted by Gasteiger charge is 2.19. The summed E-state index contributed by atoms with van der Waals surface area (Å²) >= 11 is 2.30. The van der Waals surface area contributed by atoms with Crippen molar-refractivity contribution >= 4 is 34.9 Å². The molecule has 0 saturated heterocycles. The molecule has 2 aromatic rings. The van der Waals surface area contributed by atoms with Crippen LogP contribution in [-0.2, 0) is 0 Å². The van der Waals surface area contributed by atoms with E-state index in [2.05, 4.69) is 24.6 Å². The van der Waals surface area contributed by atoms with Crippen molar-refractivity contribution in [3.05, 3.63) is 22.1 Å². The summed E-state index contributed by atoms with van der Waals surface area (Å²) in [7, 11) is 0. The first-order valence-corrected chi connectivity index (χ1v) is 6.92. The van der Waals surface area contributed by atoms with Gasteiger partial charge in [0.05, 0.1) is 4.92 Å². The first-order valence-electron chi connectivity index (χ1n) is 5.33. The van der Waals surface area contributed by atoms with E-state index in [0.29, 0.717) is 22.7 Å². The molecule has 0 aliphatic carbocycles. The lowest BCUT2D eigenvalue weighted by Gasteiger charge is -2.03. The molecular weight excluding hydrogens is 288 g/mol. The molecule has 0 aliphatic heterocycles. The van der Waals surface area contributed by atoms with Gasteiger partial charge in [-0.3, -0.25) is 10.1 Å². The first-order chi connectivity index (χ1) is 9.10. The van der Waals surface area contributed by atoms with Crippen LogP contribution in [0.1, 0.15) is 12.7 Å². The third-order valence-corrected chi connectivity index (χ3v) is 3.80. The van der Waals surface area contributed by atoms with Crippen LogP contribution in [0.3, 0.4) is 0 Å². The Kier molecular flexibility index (Phi) is 4.22. The Bertz CT molecular complexity index is 602. The molecule has 0 amide bonds. The summed E-state index contributed by atoms with van der Waals surface area (Å²) in [6.07, 6.45) is 1.20. The minimum Gasteiger partial charge on any atom is -0.354 e. The SMILES string of the molecule is CCNc1ncc([N+](=O)[O-])c(Sc2nc(C)ns2)n1. The Balaban J connectivity index is 2.34. The number of nitrogens with one attached hydrogen (secondary N) is 1. The van der Waals surface area contributed by atoms with Crippen molar-refractivity contribution in [1.29, 1.82) is 0 Å². The summed E-state index contributed by atoms with van der Waals surface area (Å²) < 4.78 is 4.64. The zero-order chi connectivity index (χ0) is 13.8. The normalized spacial score (nSPS) is 10.4. The van der Waals surface area contributed by atoms with Gasteiger partial charge in [0.1, 0.15) is 12.0 Å². The topological polar surface area (TPSA) is 107 Å². The first kappa shape index (κ1) is 13.6. The van der Waals surface area contributed by atoms with Gasteiger partial charge in [0, 0.05) is 6.54 Å². The lowest BCUT2D eigenvalue weighted by atomic mass is 10.5. The van der Waals surface area contributed by atoms with Gasteiger partial charge < -0.3 is 5.32 Å². The van der Waals surface area contributed by atoms with E-state index in [0.717, 1.165) is 11.8 Å². The van der Waals surface area contributed by atoms with Gasteiger partial charge in [0.15, 0.2) is 9.37 Å². The van der Waals surface area contributed by atoms with Crippen molar-refractivity contribution in [3.63, 3.8) is 0 Å². The number of aryl methyl sites for hydroxylation is 1. The van der Waals surface area contributed by atoms with Gasteiger partial charge in [0.2, 0.25) is 5.95 Å². The zero-order valence-corrected chi connectivity index (χ0v) is 11.8. The summed E-state index contributed by atoms with van der Waals surface area (Å²) in [5.41, 5.74) is -0.139. The molecule has 0 fully saturated rings. The number of anilines is 1. The zero-order valence-electron chi connectivity index (χ0n) is 10.2. The van der Waals surface area contributed by atoms with E-state index in [4.69, 9.17) is 0 Å². The molecule has 0 saturated carbocycles. The fourth-order valence-corrected chi connectivity index (χ4v) is 2.83. The van der Waals surface area contributed by atoms with Crippen LogP contribution >= 0.6 is 23.3 Å². The molecule has 0 unspecified atom stereocenters. The Hall–Kier alpha value is -1.81. The second-order valence-electron chi connectivity index (χ2n) is 3.38. The standard InChI is InChI=1S/C9H10N6O2S2/c1-3-10-8-11-4-6(15(16)17)7(13-8)18-9-12-5(2)14-19-9/h4H,3H2,1-2H3,(H,10,11,13). The van der Waals surface area contributed by atoms with Gasteiger partial charge in [-0.2, -0.15) is 9.36 Å². The summed E-state index contributed by atoms with van der Waals surface area (Å²) in [6, 6.07) is 0. The summed E-state index contributed by atoms with van der Waals surface area (Å²) in [5.74, 6) is 0.993. The molecule has 0 aromatic carbocycles. The number of nitro groups is 1. The molecule has 0 radical (unpaired) electrons. The van der Waals surface area contributed by atoms with Crippen molar-refractivity contribution in [2.75, 3.05) is 11.9 Å². The molecule has 0 spiro atoms. The number of hydrogen-bond acceptors (Lipinski definition) is 9.